The molecule has 2 N–H and O–H groups in total. The fourth-order valence-electron chi connectivity index (χ4n) is 3.41. The van der Waals surface area contributed by atoms with E-state index in [2.05, 4.69) is 10.6 Å². The zero-order chi connectivity index (χ0) is 16.8. The molecule has 138 valence electrons. The van der Waals surface area contributed by atoms with E-state index < -0.39 is 0 Å². The molecule has 6 heteroatoms. The summed E-state index contributed by atoms with van der Waals surface area (Å²) in [5.74, 6) is 0.935. The Morgan fingerprint density at radius 1 is 1.32 bits per heavy atom. The molecule has 0 aliphatic carbocycles. The molecule has 0 atom stereocenters. The molecule has 0 spiro atoms. The van der Waals surface area contributed by atoms with Gasteiger partial charge in [0.25, 0.3) is 0 Å². The van der Waals surface area contributed by atoms with E-state index in [1.165, 1.54) is 0 Å². The molecule has 0 unspecified atom stereocenters. The van der Waals surface area contributed by atoms with Crippen molar-refractivity contribution in [3.63, 3.8) is 0 Å². The van der Waals surface area contributed by atoms with Crippen molar-refractivity contribution in [2.75, 3.05) is 33.4 Å². The molecule has 1 aliphatic rings. The second-order valence-electron chi connectivity index (χ2n) is 6.71. The highest BCUT2D eigenvalue weighted by Crippen LogP contribution is 2.28. The molecule has 0 bridgehead atoms. The van der Waals surface area contributed by atoms with Crippen LogP contribution in [-0.2, 0) is 16.0 Å². The Morgan fingerprint density at radius 2 is 2.08 bits per heavy atom. The number of piperidine rings is 1. The highest BCUT2D eigenvalue weighted by atomic mass is 35.5. The average Bonchev–Trinajstić information content (AvgIpc) is 3.02. The van der Waals surface area contributed by atoms with Gasteiger partial charge in [0.2, 0.25) is 5.91 Å². The number of para-hydroxylation sites is 1. The molecule has 1 amide bonds. The number of carbonyl (C=O) groups is 1. The lowest BCUT2D eigenvalue weighted by atomic mass is 9.79. The largest absolute Gasteiger partial charge is 0.461 e. The van der Waals surface area contributed by atoms with Crippen molar-refractivity contribution in [3.05, 3.63) is 36.1 Å². The molecular weight excluding hydrogens is 340 g/mol. The van der Waals surface area contributed by atoms with Crippen LogP contribution in [0.1, 0.15) is 25.0 Å². The number of hydrogen-bond acceptors (Lipinski definition) is 4. The maximum atomic E-state index is 12.2. The Hall–Kier alpha value is -1.56. The van der Waals surface area contributed by atoms with Crippen molar-refractivity contribution < 1.29 is 13.9 Å². The number of aryl methyl sites for hydroxylation is 1. The summed E-state index contributed by atoms with van der Waals surface area (Å²) >= 11 is 0. The van der Waals surface area contributed by atoms with Gasteiger partial charge in [-0.25, -0.2) is 0 Å². The summed E-state index contributed by atoms with van der Waals surface area (Å²) in [7, 11) is 1.73. The van der Waals surface area contributed by atoms with E-state index in [-0.39, 0.29) is 23.7 Å². The van der Waals surface area contributed by atoms with Crippen LogP contribution >= 0.6 is 12.4 Å². The summed E-state index contributed by atoms with van der Waals surface area (Å²) in [6.07, 6.45) is 3.13. The Balaban J connectivity index is 0.00000225. The van der Waals surface area contributed by atoms with E-state index in [9.17, 15) is 4.79 Å². The lowest BCUT2D eigenvalue weighted by Gasteiger charge is -2.37. The fraction of sp³-hybridized carbons (Fsp3) is 0.526. The van der Waals surface area contributed by atoms with Crippen molar-refractivity contribution in [1.29, 1.82) is 0 Å². The van der Waals surface area contributed by atoms with Gasteiger partial charge < -0.3 is 19.8 Å². The molecule has 2 heterocycles. The van der Waals surface area contributed by atoms with Crippen LogP contribution in [0.15, 0.2) is 34.7 Å². The predicted octanol–water partition coefficient (Wildman–Crippen LogP) is 2.92. The molecule has 1 aliphatic heterocycles. The third kappa shape index (κ3) is 5.21. The van der Waals surface area contributed by atoms with Crippen molar-refractivity contribution in [1.82, 2.24) is 10.6 Å². The van der Waals surface area contributed by atoms with Gasteiger partial charge >= 0.3 is 0 Å². The first-order valence-electron chi connectivity index (χ1n) is 8.65. The van der Waals surface area contributed by atoms with Crippen molar-refractivity contribution in [2.45, 2.75) is 25.7 Å². The molecule has 1 aromatic carbocycles. The van der Waals surface area contributed by atoms with E-state index in [1.54, 1.807) is 7.11 Å². The van der Waals surface area contributed by atoms with Gasteiger partial charge in [-0.1, -0.05) is 18.2 Å². The first-order valence-corrected chi connectivity index (χ1v) is 8.65. The van der Waals surface area contributed by atoms with Crippen molar-refractivity contribution in [3.8, 4) is 0 Å². The normalized spacial score (nSPS) is 16.4. The SMILES string of the molecule is COCC1(CNC(=O)CCc2cc3ccccc3o2)CCNCC1.Cl. The molecule has 1 fully saturated rings. The van der Waals surface area contributed by atoms with Gasteiger partial charge in [0, 0.05) is 37.3 Å². The van der Waals surface area contributed by atoms with Crippen LogP contribution < -0.4 is 10.6 Å². The average molecular weight is 367 g/mol. The second kappa shape index (κ2) is 9.22. The van der Waals surface area contributed by atoms with Gasteiger partial charge in [0.1, 0.15) is 11.3 Å². The third-order valence-corrected chi connectivity index (χ3v) is 4.85. The van der Waals surface area contributed by atoms with Gasteiger partial charge in [-0.05, 0) is 38.1 Å². The number of hydrogen-bond donors (Lipinski definition) is 2. The highest BCUT2D eigenvalue weighted by molar-refractivity contribution is 5.85. The van der Waals surface area contributed by atoms with Crippen molar-refractivity contribution >= 4 is 29.3 Å². The number of benzene rings is 1. The van der Waals surface area contributed by atoms with E-state index in [0.717, 1.165) is 42.7 Å². The van der Waals surface area contributed by atoms with Gasteiger partial charge in [0.05, 0.1) is 6.61 Å². The Kier molecular flexibility index (Phi) is 7.29. The molecule has 0 radical (unpaired) electrons. The van der Waals surface area contributed by atoms with Crippen LogP contribution in [0, 0.1) is 5.41 Å². The maximum Gasteiger partial charge on any atom is 0.220 e. The van der Waals surface area contributed by atoms with E-state index in [1.807, 2.05) is 30.3 Å². The quantitative estimate of drug-likeness (QED) is 0.790. The maximum absolute atomic E-state index is 12.2. The monoisotopic (exact) mass is 366 g/mol. The summed E-state index contributed by atoms with van der Waals surface area (Å²) < 4.78 is 11.1. The summed E-state index contributed by atoms with van der Waals surface area (Å²) in [6, 6.07) is 9.93. The first kappa shape index (κ1) is 19.8. The number of furan rings is 1. The van der Waals surface area contributed by atoms with Crippen LogP contribution in [0.25, 0.3) is 11.0 Å². The van der Waals surface area contributed by atoms with E-state index >= 15 is 0 Å². The third-order valence-electron chi connectivity index (χ3n) is 4.85. The molecule has 0 saturated carbocycles. The van der Waals surface area contributed by atoms with Gasteiger partial charge in [-0.15, -0.1) is 12.4 Å². The Morgan fingerprint density at radius 3 is 2.80 bits per heavy atom. The summed E-state index contributed by atoms with van der Waals surface area (Å²) in [6.45, 7) is 3.34. The first-order chi connectivity index (χ1) is 11.7. The smallest absolute Gasteiger partial charge is 0.220 e. The van der Waals surface area contributed by atoms with Gasteiger partial charge in [0.15, 0.2) is 0 Å². The number of halogens is 1. The summed E-state index contributed by atoms with van der Waals surface area (Å²) in [5.41, 5.74) is 0.941. The minimum Gasteiger partial charge on any atom is -0.461 e. The fourth-order valence-corrected chi connectivity index (χ4v) is 3.41. The Labute approximate surface area is 154 Å². The number of methoxy groups -OCH3 is 1. The molecular formula is C19H27ClN2O3. The number of carbonyl (C=O) groups excluding carboxylic acids is 1. The molecule has 25 heavy (non-hydrogen) atoms. The summed E-state index contributed by atoms with van der Waals surface area (Å²) in [4.78, 5) is 12.2. The predicted molar refractivity (Wildman–Crippen MR) is 101 cm³/mol. The second-order valence-corrected chi connectivity index (χ2v) is 6.71. The number of rotatable bonds is 7. The van der Waals surface area contributed by atoms with Crippen LogP contribution in [-0.4, -0.2) is 39.3 Å². The molecule has 1 saturated heterocycles. The minimum absolute atomic E-state index is 0. The Bertz CT molecular complexity index is 642. The van der Waals surface area contributed by atoms with Gasteiger partial charge in [-0.2, -0.15) is 0 Å². The lowest BCUT2D eigenvalue weighted by molar-refractivity contribution is -0.122. The topological polar surface area (TPSA) is 63.5 Å². The minimum atomic E-state index is 0. The van der Waals surface area contributed by atoms with Gasteiger partial charge in [-0.3, -0.25) is 4.79 Å². The van der Waals surface area contributed by atoms with E-state index in [4.69, 9.17) is 9.15 Å². The molecule has 3 rings (SSSR count). The van der Waals surface area contributed by atoms with Crippen LogP contribution in [0.2, 0.25) is 0 Å². The standard InChI is InChI=1S/C19H26N2O3.ClH/c1-23-14-19(8-10-20-11-9-19)13-21-18(22)7-6-16-12-15-4-2-3-5-17(15)24-16;/h2-5,12,20H,6-11,13-14H2,1H3,(H,21,22);1H. The number of amides is 1. The van der Waals surface area contributed by atoms with Crippen LogP contribution in [0.5, 0.6) is 0 Å². The summed E-state index contributed by atoms with van der Waals surface area (Å²) in [5, 5.41) is 7.54. The van der Waals surface area contributed by atoms with Crippen LogP contribution in [0.3, 0.4) is 0 Å². The molecule has 5 nitrogen and oxygen atoms in total. The highest BCUT2D eigenvalue weighted by Gasteiger charge is 2.32. The number of nitrogens with one attached hydrogen (secondary N) is 2. The number of ether oxygens (including phenoxy) is 1. The molecule has 1 aromatic heterocycles. The van der Waals surface area contributed by atoms with Crippen molar-refractivity contribution in [2.24, 2.45) is 5.41 Å². The van der Waals surface area contributed by atoms with Crippen LogP contribution in [0.4, 0.5) is 0 Å². The molecule has 2 aromatic rings. The zero-order valence-electron chi connectivity index (χ0n) is 14.7. The van der Waals surface area contributed by atoms with E-state index in [0.29, 0.717) is 26.0 Å². The lowest BCUT2D eigenvalue weighted by Crippen LogP contribution is -2.47. The number of fused-ring (bicyclic) bond motifs is 1. The zero-order valence-corrected chi connectivity index (χ0v) is 15.5.